The standard InChI is InChI=1S/C21H28N2O6S/c1-15-19(16(2)22(3)20(15)21(25)29-5)18(24)14-23(12-9-13-28-4)30(26,27)17-10-7-6-8-11-17/h6-8,10-11H,9,12-14H2,1-5H3. The fourth-order valence-electron chi connectivity index (χ4n) is 3.42. The lowest BCUT2D eigenvalue weighted by Crippen LogP contribution is -2.37. The zero-order chi connectivity index (χ0) is 22.5. The fourth-order valence-corrected chi connectivity index (χ4v) is 4.88. The van der Waals surface area contributed by atoms with E-state index in [1.807, 2.05) is 0 Å². The zero-order valence-corrected chi connectivity index (χ0v) is 18.8. The highest BCUT2D eigenvalue weighted by molar-refractivity contribution is 7.89. The lowest BCUT2D eigenvalue weighted by atomic mass is 10.1. The highest BCUT2D eigenvalue weighted by Crippen LogP contribution is 2.24. The Morgan fingerprint density at radius 2 is 1.73 bits per heavy atom. The van der Waals surface area contributed by atoms with Gasteiger partial charge in [0.15, 0.2) is 5.78 Å². The van der Waals surface area contributed by atoms with Crippen molar-refractivity contribution in [3.8, 4) is 0 Å². The summed E-state index contributed by atoms with van der Waals surface area (Å²) in [5, 5.41) is 0. The van der Waals surface area contributed by atoms with Crippen molar-refractivity contribution in [1.29, 1.82) is 0 Å². The van der Waals surface area contributed by atoms with Gasteiger partial charge in [0, 0.05) is 38.6 Å². The van der Waals surface area contributed by atoms with Gasteiger partial charge in [0.25, 0.3) is 0 Å². The highest BCUT2D eigenvalue weighted by Gasteiger charge is 2.30. The average molecular weight is 437 g/mol. The van der Waals surface area contributed by atoms with Gasteiger partial charge < -0.3 is 14.0 Å². The van der Waals surface area contributed by atoms with Crippen molar-refractivity contribution in [2.75, 3.05) is 33.9 Å². The number of ketones is 1. The third kappa shape index (κ3) is 4.80. The van der Waals surface area contributed by atoms with Crippen LogP contribution in [0.5, 0.6) is 0 Å². The third-order valence-corrected chi connectivity index (χ3v) is 6.90. The molecular formula is C21H28N2O6S. The number of hydrogen-bond donors (Lipinski definition) is 0. The quantitative estimate of drug-likeness (QED) is 0.322. The first-order valence-electron chi connectivity index (χ1n) is 9.48. The van der Waals surface area contributed by atoms with Crippen molar-refractivity contribution in [1.82, 2.24) is 8.87 Å². The summed E-state index contributed by atoms with van der Waals surface area (Å²) in [5.74, 6) is -0.932. The lowest BCUT2D eigenvalue weighted by molar-refractivity contribution is 0.0588. The van der Waals surface area contributed by atoms with E-state index in [9.17, 15) is 18.0 Å². The molecule has 0 unspecified atom stereocenters. The first-order chi connectivity index (χ1) is 14.2. The number of carbonyl (C=O) groups is 2. The predicted octanol–water partition coefficient (Wildman–Crippen LogP) is 2.34. The fraction of sp³-hybridized carbons (Fsp3) is 0.429. The largest absolute Gasteiger partial charge is 0.464 e. The van der Waals surface area contributed by atoms with Gasteiger partial charge >= 0.3 is 5.97 Å². The monoisotopic (exact) mass is 436 g/mol. The molecule has 0 bridgehead atoms. The van der Waals surface area contributed by atoms with Crippen LogP contribution in [0.15, 0.2) is 35.2 Å². The molecule has 0 saturated heterocycles. The van der Waals surface area contributed by atoms with Crippen molar-refractivity contribution < 1.29 is 27.5 Å². The number of aromatic nitrogens is 1. The molecule has 0 spiro atoms. The molecule has 8 nitrogen and oxygen atoms in total. The van der Waals surface area contributed by atoms with Crippen LogP contribution in [0.3, 0.4) is 0 Å². The number of sulfonamides is 1. The van der Waals surface area contributed by atoms with Crippen molar-refractivity contribution >= 4 is 21.8 Å². The number of Topliss-reactive ketones (excluding diaryl/α,β-unsaturated/α-hetero) is 1. The van der Waals surface area contributed by atoms with Crippen molar-refractivity contribution in [2.24, 2.45) is 7.05 Å². The molecule has 0 aliphatic heterocycles. The van der Waals surface area contributed by atoms with E-state index in [-0.39, 0.29) is 29.5 Å². The van der Waals surface area contributed by atoms with E-state index in [0.29, 0.717) is 29.8 Å². The maximum atomic E-state index is 13.2. The van der Waals surface area contributed by atoms with Crippen LogP contribution in [0.4, 0.5) is 0 Å². The number of methoxy groups -OCH3 is 2. The number of rotatable bonds is 10. The van der Waals surface area contributed by atoms with Gasteiger partial charge in [-0.1, -0.05) is 18.2 Å². The minimum atomic E-state index is -3.88. The lowest BCUT2D eigenvalue weighted by Gasteiger charge is -2.21. The van der Waals surface area contributed by atoms with Gasteiger partial charge in [-0.25, -0.2) is 13.2 Å². The van der Waals surface area contributed by atoms with Crippen molar-refractivity contribution in [3.63, 3.8) is 0 Å². The topological polar surface area (TPSA) is 94.9 Å². The van der Waals surface area contributed by atoms with Crippen molar-refractivity contribution in [3.05, 3.63) is 52.8 Å². The molecule has 30 heavy (non-hydrogen) atoms. The molecule has 0 N–H and O–H groups in total. The summed E-state index contributed by atoms with van der Waals surface area (Å²) >= 11 is 0. The van der Waals surface area contributed by atoms with Crippen LogP contribution in [-0.4, -0.2) is 63.0 Å². The molecule has 0 aliphatic rings. The van der Waals surface area contributed by atoms with Gasteiger partial charge in [-0.15, -0.1) is 0 Å². The Labute approximate surface area is 177 Å². The smallest absolute Gasteiger partial charge is 0.354 e. The van der Waals surface area contributed by atoms with E-state index in [0.717, 1.165) is 4.31 Å². The molecule has 164 valence electrons. The van der Waals surface area contributed by atoms with E-state index in [1.54, 1.807) is 43.7 Å². The van der Waals surface area contributed by atoms with Crippen LogP contribution >= 0.6 is 0 Å². The van der Waals surface area contributed by atoms with Crippen LogP contribution in [0, 0.1) is 13.8 Å². The normalized spacial score (nSPS) is 11.7. The number of nitrogens with zero attached hydrogens (tertiary/aromatic N) is 2. The molecule has 9 heteroatoms. The first-order valence-corrected chi connectivity index (χ1v) is 10.9. The SMILES string of the molecule is COCCCN(CC(=O)c1c(C)c(C(=O)OC)n(C)c1C)S(=O)(=O)c1ccccc1. The Morgan fingerprint density at radius 3 is 2.30 bits per heavy atom. The summed E-state index contributed by atoms with van der Waals surface area (Å²) in [5.41, 5.74) is 1.65. The Hall–Kier alpha value is -2.49. The molecule has 1 aromatic carbocycles. The van der Waals surface area contributed by atoms with Gasteiger partial charge in [0.2, 0.25) is 10.0 Å². The molecule has 1 aromatic heterocycles. The van der Waals surface area contributed by atoms with Gasteiger partial charge in [-0.05, 0) is 38.0 Å². The summed E-state index contributed by atoms with van der Waals surface area (Å²) in [6, 6.07) is 7.99. The Balaban J connectivity index is 2.41. The Kier molecular flexibility index (Phi) is 7.94. The summed E-state index contributed by atoms with van der Waals surface area (Å²) in [6.45, 7) is 3.53. The number of esters is 1. The minimum Gasteiger partial charge on any atom is -0.464 e. The molecule has 2 rings (SSSR count). The molecule has 0 aliphatic carbocycles. The maximum absolute atomic E-state index is 13.2. The van der Waals surface area contributed by atoms with Gasteiger partial charge in [-0.2, -0.15) is 4.31 Å². The minimum absolute atomic E-state index is 0.118. The molecular weight excluding hydrogens is 408 g/mol. The number of carbonyl (C=O) groups excluding carboxylic acids is 2. The molecule has 0 amide bonds. The Bertz CT molecular complexity index is 1010. The van der Waals surface area contributed by atoms with Crippen LogP contribution in [0.1, 0.15) is 38.5 Å². The first kappa shape index (κ1) is 23.8. The van der Waals surface area contributed by atoms with Crippen LogP contribution in [-0.2, 0) is 26.5 Å². The van der Waals surface area contributed by atoms with E-state index >= 15 is 0 Å². The molecule has 2 aromatic rings. The van der Waals surface area contributed by atoms with E-state index in [2.05, 4.69) is 0 Å². The van der Waals surface area contributed by atoms with Gasteiger partial charge in [-0.3, -0.25) is 4.79 Å². The third-order valence-electron chi connectivity index (χ3n) is 5.05. The van der Waals surface area contributed by atoms with Crippen LogP contribution in [0.25, 0.3) is 0 Å². The van der Waals surface area contributed by atoms with Crippen LogP contribution in [0.2, 0.25) is 0 Å². The summed E-state index contributed by atoms with van der Waals surface area (Å²) in [7, 11) is 0.600. The van der Waals surface area contributed by atoms with Crippen LogP contribution < -0.4 is 0 Å². The molecule has 0 fully saturated rings. The maximum Gasteiger partial charge on any atom is 0.354 e. The molecule has 1 heterocycles. The van der Waals surface area contributed by atoms with E-state index in [1.165, 1.54) is 26.4 Å². The second-order valence-electron chi connectivity index (χ2n) is 6.91. The number of ether oxygens (including phenoxy) is 2. The molecule has 0 saturated carbocycles. The zero-order valence-electron chi connectivity index (χ0n) is 18.0. The highest BCUT2D eigenvalue weighted by atomic mass is 32.2. The van der Waals surface area contributed by atoms with E-state index < -0.39 is 16.0 Å². The second-order valence-corrected chi connectivity index (χ2v) is 8.84. The van der Waals surface area contributed by atoms with Gasteiger partial charge in [0.05, 0.1) is 18.6 Å². The summed E-state index contributed by atoms with van der Waals surface area (Å²) in [6.07, 6.45) is 0.440. The summed E-state index contributed by atoms with van der Waals surface area (Å²) in [4.78, 5) is 25.4. The molecule has 0 atom stereocenters. The Morgan fingerprint density at radius 1 is 1.10 bits per heavy atom. The van der Waals surface area contributed by atoms with Gasteiger partial charge in [0.1, 0.15) is 5.69 Å². The predicted molar refractivity (Wildman–Crippen MR) is 112 cm³/mol. The second kappa shape index (κ2) is 10.0. The molecule has 0 radical (unpaired) electrons. The van der Waals surface area contributed by atoms with Crippen molar-refractivity contribution in [2.45, 2.75) is 25.2 Å². The number of hydrogen-bond acceptors (Lipinski definition) is 6. The number of benzene rings is 1. The average Bonchev–Trinajstić information content (AvgIpc) is 2.95. The summed E-state index contributed by atoms with van der Waals surface area (Å²) < 4.78 is 38.9. The van der Waals surface area contributed by atoms with E-state index in [4.69, 9.17) is 9.47 Å².